The van der Waals surface area contributed by atoms with Crippen molar-refractivity contribution in [2.24, 2.45) is 0 Å². The van der Waals surface area contributed by atoms with Gasteiger partial charge in [0.05, 0.1) is 17.2 Å². The second-order valence-corrected chi connectivity index (χ2v) is 3.32. The molecular weight excluding hydrogens is 190 g/mol. The van der Waals surface area contributed by atoms with Crippen LogP contribution in [-0.2, 0) is 0 Å². The summed E-state index contributed by atoms with van der Waals surface area (Å²) in [6.07, 6.45) is 1.66. The van der Waals surface area contributed by atoms with Crippen molar-refractivity contribution in [2.75, 3.05) is 0 Å². The number of rotatable bonds is 0. The fourth-order valence-corrected chi connectivity index (χ4v) is 1.67. The molecule has 15 heavy (non-hydrogen) atoms. The van der Waals surface area contributed by atoms with Crippen LogP contribution in [-0.4, -0.2) is 15.2 Å². The molecule has 3 aromatic rings. The molecule has 2 aromatic heterocycles. The Morgan fingerprint density at radius 3 is 3.00 bits per heavy atom. The van der Waals surface area contributed by atoms with E-state index in [2.05, 4.69) is 15.2 Å². The smallest absolute Gasteiger partial charge is 0.248 e. The number of aromatic nitrogens is 3. The van der Waals surface area contributed by atoms with Crippen molar-refractivity contribution in [1.82, 2.24) is 15.2 Å². The molecule has 72 valence electrons. The molecule has 0 aliphatic heterocycles. The Balaban J connectivity index is 2.68. The van der Waals surface area contributed by atoms with Crippen molar-refractivity contribution >= 4 is 21.8 Å². The van der Waals surface area contributed by atoms with Crippen LogP contribution >= 0.6 is 0 Å². The first kappa shape index (κ1) is 8.11. The lowest BCUT2D eigenvalue weighted by atomic mass is 10.2. The summed E-state index contributed by atoms with van der Waals surface area (Å²) in [5, 5.41) is 9.62. The Morgan fingerprint density at radius 1 is 1.13 bits per heavy atom. The van der Waals surface area contributed by atoms with Crippen molar-refractivity contribution in [3.05, 3.63) is 46.9 Å². The first-order valence-corrected chi connectivity index (χ1v) is 4.58. The van der Waals surface area contributed by atoms with E-state index >= 15 is 0 Å². The van der Waals surface area contributed by atoms with Gasteiger partial charge in [0.25, 0.3) is 0 Å². The van der Waals surface area contributed by atoms with Gasteiger partial charge in [-0.1, -0.05) is 18.2 Å². The molecule has 0 atom stereocenters. The molecule has 0 spiro atoms. The van der Waals surface area contributed by atoms with E-state index in [0.717, 1.165) is 21.8 Å². The topological polar surface area (TPSA) is 58.6 Å². The lowest BCUT2D eigenvalue weighted by Crippen LogP contribution is -1.98. The highest BCUT2D eigenvalue weighted by atomic mass is 16.1. The summed E-state index contributed by atoms with van der Waals surface area (Å²) in [5.74, 6) is 0. The zero-order valence-electron chi connectivity index (χ0n) is 7.77. The molecule has 1 N–H and O–H groups in total. The first-order chi connectivity index (χ1) is 7.34. The highest BCUT2D eigenvalue weighted by molar-refractivity contribution is 6.02. The summed E-state index contributed by atoms with van der Waals surface area (Å²) in [7, 11) is 0. The fourth-order valence-electron chi connectivity index (χ4n) is 1.67. The third-order valence-corrected chi connectivity index (χ3v) is 2.38. The molecule has 0 saturated carbocycles. The summed E-state index contributed by atoms with van der Waals surface area (Å²) in [4.78, 5) is 14.2. The fraction of sp³-hybridized carbons (Fsp3) is 0. The summed E-state index contributed by atoms with van der Waals surface area (Å²) in [5.41, 5.74) is 1.45. The molecule has 0 amide bonds. The molecule has 0 fully saturated rings. The van der Waals surface area contributed by atoms with Gasteiger partial charge in [-0.05, 0) is 11.5 Å². The Bertz CT molecular complexity index is 703. The predicted molar refractivity (Wildman–Crippen MR) is 57.7 cm³/mol. The summed E-state index contributed by atoms with van der Waals surface area (Å²) < 4.78 is 0. The highest BCUT2D eigenvalue weighted by Crippen LogP contribution is 2.19. The van der Waals surface area contributed by atoms with Crippen LogP contribution in [0.15, 0.2) is 41.3 Å². The quantitative estimate of drug-likeness (QED) is 0.593. The summed E-state index contributed by atoms with van der Waals surface area (Å²) in [6, 6.07) is 8.93. The minimum atomic E-state index is -0.126. The second kappa shape index (κ2) is 2.88. The number of H-pyrrole nitrogens is 1. The Hall–Kier alpha value is -2.23. The van der Waals surface area contributed by atoms with Crippen molar-refractivity contribution in [2.45, 2.75) is 0 Å². The number of benzene rings is 1. The van der Waals surface area contributed by atoms with Crippen LogP contribution < -0.4 is 5.56 Å². The molecule has 4 heteroatoms. The molecule has 2 heterocycles. The van der Waals surface area contributed by atoms with Gasteiger partial charge < -0.3 is 4.98 Å². The average Bonchev–Trinajstić information content (AvgIpc) is 2.61. The van der Waals surface area contributed by atoms with Gasteiger partial charge in [0.1, 0.15) is 0 Å². The zero-order chi connectivity index (χ0) is 10.3. The van der Waals surface area contributed by atoms with Gasteiger partial charge >= 0.3 is 0 Å². The maximum absolute atomic E-state index is 11.4. The van der Waals surface area contributed by atoms with Crippen LogP contribution in [0.25, 0.3) is 21.8 Å². The van der Waals surface area contributed by atoms with E-state index in [1.807, 2.05) is 18.2 Å². The number of hydrogen-bond acceptors (Lipinski definition) is 3. The monoisotopic (exact) mass is 197 g/mol. The number of fused-ring (bicyclic) bond motifs is 3. The maximum Gasteiger partial charge on any atom is 0.248 e. The van der Waals surface area contributed by atoms with Crippen molar-refractivity contribution < 1.29 is 0 Å². The minimum Gasteiger partial charge on any atom is -0.321 e. The van der Waals surface area contributed by atoms with E-state index in [1.165, 1.54) is 6.07 Å². The SMILES string of the molecule is O=c1cccc2ccc3nncc3c2[nH]1. The Kier molecular flexibility index (Phi) is 1.56. The highest BCUT2D eigenvalue weighted by Gasteiger charge is 2.01. The number of nitrogens with zero attached hydrogens (tertiary/aromatic N) is 2. The van der Waals surface area contributed by atoms with Gasteiger partial charge in [0.2, 0.25) is 5.56 Å². The molecule has 4 nitrogen and oxygen atoms in total. The Labute approximate surface area is 84.6 Å². The van der Waals surface area contributed by atoms with Crippen molar-refractivity contribution in [3.8, 4) is 0 Å². The number of aromatic amines is 1. The normalized spacial score (nSPS) is 10.9. The third-order valence-electron chi connectivity index (χ3n) is 2.38. The van der Waals surface area contributed by atoms with E-state index in [-0.39, 0.29) is 5.56 Å². The molecule has 0 unspecified atom stereocenters. The van der Waals surface area contributed by atoms with Gasteiger partial charge in [-0.3, -0.25) is 4.79 Å². The summed E-state index contributed by atoms with van der Waals surface area (Å²) in [6.45, 7) is 0. The molecule has 1 aromatic carbocycles. The van der Waals surface area contributed by atoms with E-state index in [1.54, 1.807) is 12.3 Å². The Morgan fingerprint density at radius 2 is 2.07 bits per heavy atom. The summed E-state index contributed by atoms with van der Waals surface area (Å²) >= 11 is 0. The van der Waals surface area contributed by atoms with Gasteiger partial charge in [-0.25, -0.2) is 0 Å². The zero-order valence-corrected chi connectivity index (χ0v) is 7.77. The number of hydrogen-bond donors (Lipinski definition) is 1. The van der Waals surface area contributed by atoms with Crippen LogP contribution in [0, 0.1) is 0 Å². The standard InChI is InChI=1S/C11H7N3O/c15-10-3-1-2-7-4-5-9-8(6-12-14-9)11(7)13-10/h1-6H,(H,13,15). The van der Waals surface area contributed by atoms with E-state index in [9.17, 15) is 4.79 Å². The van der Waals surface area contributed by atoms with Gasteiger partial charge in [-0.2, -0.15) is 10.2 Å². The van der Waals surface area contributed by atoms with Gasteiger partial charge in [-0.15, -0.1) is 0 Å². The molecular formula is C11H7N3O. The first-order valence-electron chi connectivity index (χ1n) is 4.58. The largest absolute Gasteiger partial charge is 0.321 e. The van der Waals surface area contributed by atoms with Crippen LogP contribution in [0.4, 0.5) is 0 Å². The van der Waals surface area contributed by atoms with Crippen LogP contribution in [0.1, 0.15) is 0 Å². The second-order valence-electron chi connectivity index (χ2n) is 3.32. The van der Waals surface area contributed by atoms with Gasteiger partial charge in [0, 0.05) is 11.5 Å². The van der Waals surface area contributed by atoms with E-state index in [4.69, 9.17) is 0 Å². The van der Waals surface area contributed by atoms with Crippen LogP contribution in [0.5, 0.6) is 0 Å². The number of nitrogens with one attached hydrogen (secondary N) is 1. The minimum absolute atomic E-state index is 0.126. The molecule has 0 aliphatic rings. The van der Waals surface area contributed by atoms with Crippen molar-refractivity contribution in [3.63, 3.8) is 0 Å². The van der Waals surface area contributed by atoms with Crippen molar-refractivity contribution in [1.29, 1.82) is 0 Å². The lowest BCUT2D eigenvalue weighted by Gasteiger charge is -1.92. The third kappa shape index (κ3) is 1.19. The van der Waals surface area contributed by atoms with E-state index < -0.39 is 0 Å². The molecule has 0 aliphatic carbocycles. The van der Waals surface area contributed by atoms with Crippen LogP contribution in [0.3, 0.4) is 0 Å². The molecule has 0 radical (unpaired) electrons. The lowest BCUT2D eigenvalue weighted by molar-refractivity contribution is 1.12. The van der Waals surface area contributed by atoms with E-state index in [0.29, 0.717) is 0 Å². The maximum atomic E-state index is 11.4. The van der Waals surface area contributed by atoms with Crippen LogP contribution in [0.2, 0.25) is 0 Å². The van der Waals surface area contributed by atoms with Gasteiger partial charge in [0.15, 0.2) is 0 Å². The molecule has 0 bridgehead atoms. The average molecular weight is 197 g/mol. The molecule has 0 saturated heterocycles. The molecule has 3 rings (SSSR count). The predicted octanol–water partition coefficient (Wildman–Crippen LogP) is 1.47.